The lowest BCUT2D eigenvalue weighted by Crippen LogP contribution is -2.60. The standard InChI is InChI=1S/C11H21NO/c1-7-9-4-8(11(9,2)3)5-10(7)12-6-13/h7-10,12-13H,4-6H2,1-3H3/t7-,8+,9-,10-/m0/s1. The molecule has 0 aromatic heterocycles. The lowest BCUT2D eigenvalue weighted by atomic mass is 9.45. The third kappa shape index (κ3) is 1.23. The first-order valence-corrected chi connectivity index (χ1v) is 5.41. The lowest BCUT2D eigenvalue weighted by Gasteiger charge is -2.62. The molecule has 76 valence electrons. The predicted molar refractivity (Wildman–Crippen MR) is 53.2 cm³/mol. The van der Waals surface area contributed by atoms with E-state index in [1.54, 1.807) is 0 Å². The molecule has 0 amide bonds. The maximum atomic E-state index is 8.86. The second-order valence-corrected chi connectivity index (χ2v) is 5.42. The quantitative estimate of drug-likeness (QED) is 0.637. The van der Waals surface area contributed by atoms with Crippen molar-refractivity contribution in [1.82, 2.24) is 5.32 Å². The zero-order chi connectivity index (χ0) is 9.64. The van der Waals surface area contributed by atoms with Crippen LogP contribution < -0.4 is 5.32 Å². The van der Waals surface area contributed by atoms with Gasteiger partial charge in [0.1, 0.15) is 0 Å². The lowest BCUT2D eigenvalue weighted by molar-refractivity contribution is -0.117. The molecule has 0 spiro atoms. The van der Waals surface area contributed by atoms with Gasteiger partial charge < -0.3 is 5.11 Å². The van der Waals surface area contributed by atoms with Gasteiger partial charge in [0.2, 0.25) is 0 Å². The molecule has 2 nitrogen and oxygen atoms in total. The van der Waals surface area contributed by atoms with Gasteiger partial charge in [-0.05, 0) is 36.0 Å². The Hall–Kier alpha value is -0.0800. The number of hydrogen-bond donors (Lipinski definition) is 2. The van der Waals surface area contributed by atoms with Gasteiger partial charge in [0.25, 0.3) is 0 Å². The molecule has 0 saturated heterocycles. The molecule has 0 aromatic carbocycles. The molecule has 0 aliphatic heterocycles. The summed E-state index contributed by atoms with van der Waals surface area (Å²) in [6, 6.07) is 0.557. The van der Waals surface area contributed by atoms with Crippen LogP contribution in [0.25, 0.3) is 0 Å². The SMILES string of the molecule is C[C@@H]1[C@@H](NCO)C[C@H]2C[C@@H]1C2(C)C. The molecule has 3 saturated carbocycles. The number of rotatable bonds is 2. The average molecular weight is 183 g/mol. The molecular formula is C11H21NO. The van der Waals surface area contributed by atoms with E-state index in [1.165, 1.54) is 12.8 Å². The van der Waals surface area contributed by atoms with Gasteiger partial charge in [-0.25, -0.2) is 0 Å². The summed E-state index contributed by atoms with van der Waals surface area (Å²) in [6.45, 7) is 7.26. The van der Waals surface area contributed by atoms with E-state index in [0.29, 0.717) is 11.5 Å². The highest BCUT2D eigenvalue weighted by atomic mass is 16.3. The summed E-state index contributed by atoms with van der Waals surface area (Å²) in [7, 11) is 0. The summed E-state index contributed by atoms with van der Waals surface area (Å²) in [4.78, 5) is 0. The number of aliphatic hydroxyl groups excluding tert-OH is 1. The number of fused-ring (bicyclic) bond motifs is 2. The van der Waals surface area contributed by atoms with E-state index in [9.17, 15) is 0 Å². The molecule has 0 heterocycles. The minimum atomic E-state index is 0.134. The van der Waals surface area contributed by atoms with Gasteiger partial charge in [-0.2, -0.15) is 0 Å². The van der Waals surface area contributed by atoms with E-state index in [0.717, 1.165) is 17.8 Å². The molecule has 0 aromatic rings. The maximum Gasteiger partial charge on any atom is 0.0933 e. The molecule has 3 aliphatic rings. The average Bonchev–Trinajstić information content (AvgIpc) is 2.08. The van der Waals surface area contributed by atoms with Crippen molar-refractivity contribution in [2.24, 2.45) is 23.2 Å². The van der Waals surface area contributed by atoms with Crippen LogP contribution in [0.3, 0.4) is 0 Å². The van der Waals surface area contributed by atoms with Crippen LogP contribution in [0.2, 0.25) is 0 Å². The summed E-state index contributed by atoms with van der Waals surface area (Å²) < 4.78 is 0. The van der Waals surface area contributed by atoms with Crippen LogP contribution in [0.15, 0.2) is 0 Å². The molecule has 3 fully saturated rings. The van der Waals surface area contributed by atoms with E-state index in [4.69, 9.17) is 5.11 Å². The minimum Gasteiger partial charge on any atom is -0.381 e. The fourth-order valence-corrected chi connectivity index (χ4v) is 3.54. The minimum absolute atomic E-state index is 0.134. The molecule has 2 N–H and O–H groups in total. The fourth-order valence-electron chi connectivity index (χ4n) is 3.54. The first-order chi connectivity index (χ1) is 6.07. The third-order valence-corrected chi connectivity index (χ3v) is 4.71. The first kappa shape index (κ1) is 9.47. The second-order valence-electron chi connectivity index (χ2n) is 5.42. The van der Waals surface area contributed by atoms with Crippen LogP contribution in [0, 0.1) is 23.2 Å². The molecule has 13 heavy (non-hydrogen) atoms. The van der Waals surface area contributed by atoms with E-state index in [-0.39, 0.29) is 6.73 Å². The fraction of sp³-hybridized carbons (Fsp3) is 1.00. The Kier molecular flexibility index (Phi) is 2.16. The highest BCUT2D eigenvalue weighted by molar-refractivity contribution is 5.06. The number of nitrogens with one attached hydrogen (secondary N) is 1. The Balaban J connectivity index is 2.03. The summed E-state index contributed by atoms with van der Waals surface area (Å²) in [5.74, 6) is 2.49. The van der Waals surface area contributed by atoms with Crippen LogP contribution >= 0.6 is 0 Å². The molecular weight excluding hydrogens is 162 g/mol. The van der Waals surface area contributed by atoms with Crippen molar-refractivity contribution in [3.63, 3.8) is 0 Å². The Morgan fingerprint density at radius 1 is 1.38 bits per heavy atom. The summed E-state index contributed by atoms with van der Waals surface area (Å²) >= 11 is 0. The summed E-state index contributed by atoms with van der Waals surface area (Å²) in [5, 5.41) is 12.0. The maximum absolute atomic E-state index is 8.86. The van der Waals surface area contributed by atoms with Gasteiger partial charge >= 0.3 is 0 Å². The van der Waals surface area contributed by atoms with Crippen molar-refractivity contribution in [3.8, 4) is 0 Å². The number of aliphatic hydroxyl groups is 1. The highest BCUT2D eigenvalue weighted by Crippen LogP contribution is 2.61. The van der Waals surface area contributed by atoms with Crippen molar-refractivity contribution in [2.75, 3.05) is 6.73 Å². The van der Waals surface area contributed by atoms with E-state index in [2.05, 4.69) is 26.1 Å². The van der Waals surface area contributed by atoms with Crippen LogP contribution in [0.1, 0.15) is 33.6 Å². The van der Waals surface area contributed by atoms with Crippen molar-refractivity contribution >= 4 is 0 Å². The Morgan fingerprint density at radius 3 is 2.54 bits per heavy atom. The van der Waals surface area contributed by atoms with Crippen molar-refractivity contribution in [1.29, 1.82) is 0 Å². The van der Waals surface area contributed by atoms with Crippen molar-refractivity contribution in [2.45, 2.75) is 39.7 Å². The normalized spacial score (nSPS) is 47.1. The van der Waals surface area contributed by atoms with E-state index in [1.807, 2.05) is 0 Å². The predicted octanol–water partition coefficient (Wildman–Crippen LogP) is 1.60. The van der Waals surface area contributed by atoms with Gasteiger partial charge in [0.15, 0.2) is 0 Å². The van der Waals surface area contributed by atoms with Crippen molar-refractivity contribution in [3.05, 3.63) is 0 Å². The van der Waals surface area contributed by atoms with Gasteiger partial charge in [-0.1, -0.05) is 20.8 Å². The summed E-state index contributed by atoms with van der Waals surface area (Å²) in [6.07, 6.45) is 2.67. The second kappa shape index (κ2) is 2.96. The van der Waals surface area contributed by atoms with Crippen LogP contribution in [-0.4, -0.2) is 17.9 Å². The molecule has 2 heteroatoms. The van der Waals surface area contributed by atoms with Gasteiger partial charge in [0.05, 0.1) is 6.73 Å². The van der Waals surface area contributed by atoms with Crippen LogP contribution in [0.5, 0.6) is 0 Å². The monoisotopic (exact) mass is 183 g/mol. The highest BCUT2D eigenvalue weighted by Gasteiger charge is 2.55. The van der Waals surface area contributed by atoms with Gasteiger partial charge in [-0.3, -0.25) is 5.32 Å². The van der Waals surface area contributed by atoms with Gasteiger partial charge in [-0.15, -0.1) is 0 Å². The summed E-state index contributed by atoms with van der Waals surface area (Å²) in [5.41, 5.74) is 0.563. The zero-order valence-corrected chi connectivity index (χ0v) is 8.88. The van der Waals surface area contributed by atoms with Crippen molar-refractivity contribution < 1.29 is 5.11 Å². The third-order valence-electron chi connectivity index (χ3n) is 4.71. The van der Waals surface area contributed by atoms with Gasteiger partial charge in [0, 0.05) is 6.04 Å². The molecule has 0 radical (unpaired) electrons. The number of hydrogen-bond acceptors (Lipinski definition) is 2. The topological polar surface area (TPSA) is 32.3 Å². The van der Waals surface area contributed by atoms with Crippen LogP contribution in [-0.2, 0) is 0 Å². The molecule has 2 bridgehead atoms. The smallest absolute Gasteiger partial charge is 0.0933 e. The Bertz CT molecular complexity index is 202. The molecule has 4 atom stereocenters. The van der Waals surface area contributed by atoms with Crippen LogP contribution in [0.4, 0.5) is 0 Å². The first-order valence-electron chi connectivity index (χ1n) is 5.41. The van der Waals surface area contributed by atoms with E-state index < -0.39 is 0 Å². The Labute approximate surface area is 80.7 Å². The Morgan fingerprint density at radius 2 is 2.08 bits per heavy atom. The zero-order valence-electron chi connectivity index (χ0n) is 8.88. The molecule has 0 unspecified atom stereocenters. The largest absolute Gasteiger partial charge is 0.381 e. The molecule has 3 rings (SSSR count). The molecule has 3 aliphatic carbocycles. The van der Waals surface area contributed by atoms with E-state index >= 15 is 0 Å².